The smallest absolute Gasteiger partial charge is 0.161 e. The fraction of sp³-hybridized carbons (Fsp3) is 0.190. The highest BCUT2D eigenvalue weighted by Gasteiger charge is 2.10. The number of nitrogens with zero attached hydrogens (tertiary/aromatic N) is 1. The summed E-state index contributed by atoms with van der Waals surface area (Å²) in [6.45, 7) is 1.73. The van der Waals surface area contributed by atoms with Gasteiger partial charge in [-0.05, 0) is 41.5 Å². The molecule has 0 spiro atoms. The van der Waals surface area contributed by atoms with E-state index in [9.17, 15) is 0 Å². The molecule has 0 radical (unpaired) electrons. The van der Waals surface area contributed by atoms with Gasteiger partial charge in [-0.2, -0.15) is 0 Å². The molecule has 140 valence electrons. The number of ether oxygens (including phenoxy) is 2. The summed E-state index contributed by atoms with van der Waals surface area (Å²) in [5, 5.41) is 4.55. The second-order valence-electron chi connectivity index (χ2n) is 5.94. The van der Waals surface area contributed by atoms with Gasteiger partial charge in [0.1, 0.15) is 6.61 Å². The Morgan fingerprint density at radius 2 is 1.70 bits per heavy atom. The lowest BCUT2D eigenvalue weighted by Crippen LogP contribution is -2.12. The molecule has 27 heavy (non-hydrogen) atoms. The largest absolute Gasteiger partial charge is 0.493 e. The summed E-state index contributed by atoms with van der Waals surface area (Å²) < 4.78 is 11.4. The molecule has 2 aromatic carbocycles. The number of nitrogens with one attached hydrogen (secondary N) is 1. The van der Waals surface area contributed by atoms with Gasteiger partial charge in [0.25, 0.3) is 0 Å². The summed E-state index contributed by atoms with van der Waals surface area (Å²) in [4.78, 5) is 4.11. The number of hydrogen-bond donors (Lipinski definition) is 1. The van der Waals surface area contributed by atoms with E-state index >= 15 is 0 Å². The molecule has 0 atom stereocenters. The molecular weight excluding hydrogens is 383 g/mol. The fourth-order valence-electron chi connectivity index (χ4n) is 2.62. The van der Waals surface area contributed by atoms with Crippen molar-refractivity contribution in [2.24, 2.45) is 0 Å². The first-order valence-corrected chi connectivity index (χ1v) is 9.25. The number of aromatic nitrogens is 1. The Morgan fingerprint density at radius 1 is 0.926 bits per heavy atom. The van der Waals surface area contributed by atoms with E-state index in [-0.39, 0.29) is 6.61 Å². The summed E-state index contributed by atoms with van der Waals surface area (Å²) in [6.07, 6.45) is 3.62. The summed E-state index contributed by atoms with van der Waals surface area (Å²) in [5.74, 6) is 1.31. The highest BCUT2D eigenvalue weighted by molar-refractivity contribution is 6.35. The first-order chi connectivity index (χ1) is 13.2. The Balaban J connectivity index is 1.62. The summed E-state index contributed by atoms with van der Waals surface area (Å²) >= 11 is 12.4. The maximum Gasteiger partial charge on any atom is 0.161 e. The van der Waals surface area contributed by atoms with Gasteiger partial charge in [0.05, 0.1) is 7.11 Å². The molecule has 0 bridgehead atoms. The van der Waals surface area contributed by atoms with Crippen LogP contribution < -0.4 is 14.8 Å². The van der Waals surface area contributed by atoms with Crippen molar-refractivity contribution in [3.63, 3.8) is 0 Å². The first kappa shape index (κ1) is 19.5. The average molecular weight is 403 g/mol. The maximum absolute atomic E-state index is 6.19. The predicted molar refractivity (Wildman–Crippen MR) is 109 cm³/mol. The Morgan fingerprint density at radius 3 is 2.41 bits per heavy atom. The van der Waals surface area contributed by atoms with Crippen molar-refractivity contribution in [2.75, 3.05) is 7.11 Å². The topological polar surface area (TPSA) is 43.4 Å². The minimum Gasteiger partial charge on any atom is -0.493 e. The van der Waals surface area contributed by atoms with Gasteiger partial charge in [-0.25, -0.2) is 0 Å². The molecule has 3 rings (SSSR count). The Hall–Kier alpha value is -2.27. The van der Waals surface area contributed by atoms with E-state index in [1.807, 2.05) is 42.6 Å². The molecule has 0 aliphatic carbocycles. The Labute approximate surface area is 169 Å². The van der Waals surface area contributed by atoms with Crippen LogP contribution >= 0.6 is 23.2 Å². The molecule has 6 heteroatoms. The third kappa shape index (κ3) is 5.36. The summed E-state index contributed by atoms with van der Waals surface area (Å²) in [6, 6.07) is 15.2. The minimum atomic E-state index is 0.271. The van der Waals surface area contributed by atoms with Gasteiger partial charge in [-0.1, -0.05) is 41.4 Å². The normalized spacial score (nSPS) is 10.6. The predicted octanol–water partition coefficient (Wildman–Crippen LogP) is 5.27. The van der Waals surface area contributed by atoms with Crippen molar-refractivity contribution in [1.29, 1.82) is 0 Å². The van der Waals surface area contributed by atoms with Crippen LogP contribution in [0.15, 0.2) is 60.9 Å². The molecule has 1 heterocycles. The van der Waals surface area contributed by atoms with Crippen LogP contribution in [0.25, 0.3) is 0 Å². The van der Waals surface area contributed by atoms with E-state index in [4.69, 9.17) is 32.7 Å². The van der Waals surface area contributed by atoms with Gasteiger partial charge >= 0.3 is 0 Å². The number of halogens is 2. The molecular formula is C21H20Cl2N2O2. The van der Waals surface area contributed by atoms with Gasteiger partial charge in [0, 0.05) is 41.1 Å². The van der Waals surface area contributed by atoms with Crippen LogP contribution in [0.2, 0.25) is 10.0 Å². The van der Waals surface area contributed by atoms with E-state index in [1.165, 1.54) is 0 Å². The SMILES string of the molecule is COc1cc(CNCc2cccnc2)ccc1OCc1c(Cl)cccc1Cl. The van der Waals surface area contributed by atoms with Gasteiger partial charge in [-0.3, -0.25) is 4.98 Å². The van der Waals surface area contributed by atoms with E-state index in [2.05, 4.69) is 10.3 Å². The standard InChI is InChI=1S/C21H20Cl2N2O2/c1-26-21-10-15(11-25-13-16-4-3-9-24-12-16)7-8-20(21)27-14-17-18(22)5-2-6-19(17)23/h2-10,12,25H,11,13-14H2,1H3. The van der Waals surface area contributed by atoms with Crippen molar-refractivity contribution >= 4 is 23.2 Å². The Bertz CT molecular complexity index is 868. The van der Waals surface area contributed by atoms with Crippen LogP contribution in [0, 0.1) is 0 Å². The number of pyridine rings is 1. The van der Waals surface area contributed by atoms with Crippen molar-refractivity contribution in [3.05, 3.63) is 87.7 Å². The maximum atomic E-state index is 6.19. The molecule has 0 amide bonds. The number of methoxy groups -OCH3 is 1. The second-order valence-corrected chi connectivity index (χ2v) is 6.75. The summed E-state index contributed by atoms with van der Waals surface area (Å²) in [5.41, 5.74) is 2.99. The molecule has 4 nitrogen and oxygen atoms in total. The zero-order chi connectivity index (χ0) is 19.1. The van der Waals surface area contributed by atoms with Gasteiger partial charge < -0.3 is 14.8 Å². The molecule has 0 aliphatic rings. The van der Waals surface area contributed by atoms with Crippen LogP contribution in [0.3, 0.4) is 0 Å². The number of benzene rings is 2. The zero-order valence-corrected chi connectivity index (χ0v) is 16.4. The van der Waals surface area contributed by atoms with Gasteiger partial charge in [-0.15, -0.1) is 0 Å². The van der Waals surface area contributed by atoms with Crippen LogP contribution in [0.4, 0.5) is 0 Å². The average Bonchev–Trinajstić information content (AvgIpc) is 2.69. The van der Waals surface area contributed by atoms with E-state index in [0.29, 0.717) is 28.1 Å². The molecule has 3 aromatic rings. The van der Waals surface area contributed by atoms with Gasteiger partial charge in [0.2, 0.25) is 0 Å². The quantitative estimate of drug-likeness (QED) is 0.557. The molecule has 0 fully saturated rings. The van der Waals surface area contributed by atoms with Crippen molar-refractivity contribution in [1.82, 2.24) is 10.3 Å². The number of rotatable bonds is 8. The van der Waals surface area contributed by atoms with E-state index < -0.39 is 0 Å². The molecule has 1 N–H and O–H groups in total. The van der Waals surface area contributed by atoms with E-state index in [0.717, 1.165) is 23.2 Å². The highest BCUT2D eigenvalue weighted by atomic mass is 35.5. The van der Waals surface area contributed by atoms with Crippen LogP contribution in [0.1, 0.15) is 16.7 Å². The number of hydrogen-bond acceptors (Lipinski definition) is 4. The van der Waals surface area contributed by atoms with Crippen molar-refractivity contribution < 1.29 is 9.47 Å². The third-order valence-corrected chi connectivity index (χ3v) is 4.75. The monoisotopic (exact) mass is 402 g/mol. The fourth-order valence-corrected chi connectivity index (χ4v) is 3.12. The molecule has 1 aromatic heterocycles. The molecule has 0 unspecified atom stereocenters. The lowest BCUT2D eigenvalue weighted by molar-refractivity contribution is 0.284. The van der Waals surface area contributed by atoms with Crippen molar-refractivity contribution in [2.45, 2.75) is 19.7 Å². The van der Waals surface area contributed by atoms with E-state index in [1.54, 1.807) is 25.4 Å². The Kier molecular flexibility index (Phi) is 6.93. The van der Waals surface area contributed by atoms with Crippen LogP contribution in [-0.2, 0) is 19.7 Å². The van der Waals surface area contributed by atoms with Crippen molar-refractivity contribution in [3.8, 4) is 11.5 Å². The molecule has 0 aliphatic heterocycles. The summed E-state index contributed by atoms with van der Waals surface area (Å²) in [7, 11) is 1.62. The van der Waals surface area contributed by atoms with Crippen LogP contribution in [-0.4, -0.2) is 12.1 Å². The first-order valence-electron chi connectivity index (χ1n) is 8.49. The lowest BCUT2D eigenvalue weighted by atomic mass is 10.2. The lowest BCUT2D eigenvalue weighted by Gasteiger charge is -2.14. The minimum absolute atomic E-state index is 0.271. The van der Waals surface area contributed by atoms with Gasteiger partial charge in [0.15, 0.2) is 11.5 Å². The van der Waals surface area contributed by atoms with Crippen LogP contribution in [0.5, 0.6) is 11.5 Å². The molecule has 0 saturated heterocycles. The highest BCUT2D eigenvalue weighted by Crippen LogP contribution is 2.31. The molecule has 0 saturated carbocycles. The second kappa shape index (κ2) is 9.60. The third-order valence-electron chi connectivity index (χ3n) is 4.04. The zero-order valence-electron chi connectivity index (χ0n) is 14.9.